The number of carboxylic acids is 1. The minimum absolute atomic E-state index is 0.100. The van der Waals surface area contributed by atoms with Crippen LogP contribution in [0.15, 0.2) is 6.20 Å². The molecule has 0 saturated heterocycles. The Morgan fingerprint density at radius 3 is 2.40 bits per heavy atom. The first-order valence-electron chi connectivity index (χ1n) is 6.78. The fourth-order valence-corrected chi connectivity index (χ4v) is 2.08. The van der Waals surface area contributed by atoms with E-state index in [9.17, 15) is 4.79 Å². The van der Waals surface area contributed by atoms with Gasteiger partial charge in [-0.15, -0.1) is 0 Å². The van der Waals surface area contributed by atoms with Crippen molar-refractivity contribution in [2.45, 2.75) is 46.7 Å². The second kappa shape index (κ2) is 7.19. The van der Waals surface area contributed by atoms with Gasteiger partial charge in [0.25, 0.3) is 0 Å². The number of aromatic carboxylic acids is 1. The molecular weight excluding hydrogens is 258 g/mol. The maximum Gasteiger partial charge on any atom is 0.339 e. The fraction of sp³-hybridized carbons (Fsp3) is 0.643. The van der Waals surface area contributed by atoms with E-state index in [0.29, 0.717) is 24.4 Å². The van der Waals surface area contributed by atoms with Gasteiger partial charge < -0.3 is 9.84 Å². The summed E-state index contributed by atoms with van der Waals surface area (Å²) in [4.78, 5) is 21.1. The number of hydrogen-bond acceptors (Lipinski definition) is 5. The summed E-state index contributed by atoms with van der Waals surface area (Å²) in [7, 11) is 0. The summed E-state index contributed by atoms with van der Waals surface area (Å²) in [6.45, 7) is 11.4. The molecule has 0 bridgehead atoms. The third kappa shape index (κ3) is 4.45. The zero-order valence-electron chi connectivity index (χ0n) is 12.8. The Hall–Kier alpha value is -1.69. The molecule has 0 fully saturated rings. The van der Waals surface area contributed by atoms with Crippen LogP contribution in [0.25, 0.3) is 0 Å². The Bertz CT molecular complexity index is 453. The number of carbonyl (C=O) groups is 1. The third-order valence-electron chi connectivity index (χ3n) is 3.09. The fourth-order valence-electron chi connectivity index (χ4n) is 2.08. The zero-order valence-corrected chi connectivity index (χ0v) is 12.8. The van der Waals surface area contributed by atoms with Crippen LogP contribution < -0.4 is 4.74 Å². The molecule has 0 spiro atoms. The zero-order chi connectivity index (χ0) is 15.3. The summed E-state index contributed by atoms with van der Waals surface area (Å²) in [5, 5.41) is 8.90. The molecule has 6 nitrogen and oxygen atoms in total. The Kier molecular flexibility index (Phi) is 5.88. The number of aryl methyl sites for hydroxylation is 1. The summed E-state index contributed by atoms with van der Waals surface area (Å²) in [6.07, 6.45) is 1.28. The first kappa shape index (κ1) is 16.4. The lowest BCUT2D eigenvalue weighted by Crippen LogP contribution is -2.39. The van der Waals surface area contributed by atoms with Gasteiger partial charge in [-0.2, -0.15) is 4.98 Å². The molecule has 0 aliphatic carbocycles. The highest BCUT2D eigenvalue weighted by Gasteiger charge is 2.14. The van der Waals surface area contributed by atoms with Crippen LogP contribution in [0, 0.1) is 6.92 Å². The molecule has 0 aromatic carbocycles. The van der Waals surface area contributed by atoms with Crippen molar-refractivity contribution in [3.05, 3.63) is 17.5 Å². The Morgan fingerprint density at radius 1 is 1.35 bits per heavy atom. The van der Waals surface area contributed by atoms with Crippen LogP contribution in [0.3, 0.4) is 0 Å². The second-order valence-electron chi connectivity index (χ2n) is 5.23. The Balaban J connectivity index is 2.58. The monoisotopic (exact) mass is 281 g/mol. The van der Waals surface area contributed by atoms with Gasteiger partial charge in [0.1, 0.15) is 6.61 Å². The Morgan fingerprint density at radius 2 is 1.95 bits per heavy atom. The van der Waals surface area contributed by atoms with Gasteiger partial charge in [0.15, 0.2) is 0 Å². The molecular formula is C14H23N3O3. The molecule has 1 rings (SSSR count). The van der Waals surface area contributed by atoms with Crippen LogP contribution in [0.1, 0.15) is 43.7 Å². The van der Waals surface area contributed by atoms with Crippen molar-refractivity contribution in [2.24, 2.45) is 0 Å². The van der Waals surface area contributed by atoms with Crippen LogP contribution >= 0.6 is 0 Å². The average molecular weight is 281 g/mol. The van der Waals surface area contributed by atoms with Gasteiger partial charge in [0.2, 0.25) is 0 Å². The predicted molar refractivity (Wildman–Crippen MR) is 76.2 cm³/mol. The first-order valence-corrected chi connectivity index (χ1v) is 6.78. The number of hydrogen-bond donors (Lipinski definition) is 1. The molecule has 0 atom stereocenters. The maximum absolute atomic E-state index is 10.9. The number of carboxylic acid groups (broad SMARTS) is 1. The molecule has 0 radical (unpaired) electrons. The molecule has 1 N–H and O–H groups in total. The van der Waals surface area contributed by atoms with E-state index in [1.807, 2.05) is 0 Å². The van der Waals surface area contributed by atoms with E-state index in [1.54, 1.807) is 6.92 Å². The van der Waals surface area contributed by atoms with Crippen molar-refractivity contribution >= 4 is 5.97 Å². The van der Waals surface area contributed by atoms with E-state index in [2.05, 4.69) is 42.6 Å². The van der Waals surface area contributed by atoms with E-state index in [1.165, 1.54) is 6.20 Å². The minimum Gasteiger partial charge on any atom is -0.478 e. The van der Waals surface area contributed by atoms with Gasteiger partial charge >= 0.3 is 12.0 Å². The lowest BCUT2D eigenvalue weighted by atomic mass is 10.2. The van der Waals surface area contributed by atoms with Crippen LogP contribution in [0.4, 0.5) is 0 Å². The summed E-state index contributed by atoms with van der Waals surface area (Å²) >= 11 is 0. The lowest BCUT2D eigenvalue weighted by Gasteiger charge is -2.30. The molecule has 0 aliphatic heterocycles. The van der Waals surface area contributed by atoms with Crippen LogP contribution in [0.2, 0.25) is 0 Å². The van der Waals surface area contributed by atoms with Crippen LogP contribution in [-0.2, 0) is 0 Å². The van der Waals surface area contributed by atoms with Crippen molar-refractivity contribution in [1.82, 2.24) is 14.9 Å². The summed E-state index contributed by atoms with van der Waals surface area (Å²) < 4.78 is 5.50. The Labute approximate surface area is 119 Å². The van der Waals surface area contributed by atoms with E-state index < -0.39 is 5.97 Å². The van der Waals surface area contributed by atoms with Crippen LogP contribution in [-0.4, -0.2) is 51.2 Å². The molecule has 0 unspecified atom stereocenters. The van der Waals surface area contributed by atoms with Crippen LogP contribution in [0.5, 0.6) is 6.01 Å². The number of nitrogens with zero attached hydrogens (tertiary/aromatic N) is 3. The summed E-state index contributed by atoms with van der Waals surface area (Å²) in [6, 6.07) is 1.10. The van der Waals surface area contributed by atoms with E-state index >= 15 is 0 Å². The minimum atomic E-state index is -1.03. The van der Waals surface area contributed by atoms with E-state index in [-0.39, 0.29) is 11.6 Å². The molecule has 0 aliphatic rings. The lowest BCUT2D eigenvalue weighted by molar-refractivity contribution is 0.0694. The third-order valence-corrected chi connectivity index (χ3v) is 3.09. The van der Waals surface area contributed by atoms with Crippen molar-refractivity contribution in [3.8, 4) is 6.01 Å². The highest BCUT2D eigenvalue weighted by atomic mass is 16.5. The molecule has 1 aromatic rings. The van der Waals surface area contributed by atoms with Crippen molar-refractivity contribution in [3.63, 3.8) is 0 Å². The molecule has 1 heterocycles. The van der Waals surface area contributed by atoms with Crippen molar-refractivity contribution < 1.29 is 14.6 Å². The average Bonchev–Trinajstić information content (AvgIpc) is 2.33. The number of ether oxygens (including phenoxy) is 1. The molecule has 20 heavy (non-hydrogen) atoms. The topological polar surface area (TPSA) is 75.5 Å². The number of aromatic nitrogens is 2. The van der Waals surface area contributed by atoms with Gasteiger partial charge in [-0.1, -0.05) is 0 Å². The molecule has 0 amide bonds. The predicted octanol–water partition coefficient (Wildman–Crippen LogP) is 1.98. The second-order valence-corrected chi connectivity index (χ2v) is 5.23. The van der Waals surface area contributed by atoms with Crippen molar-refractivity contribution in [1.29, 1.82) is 0 Å². The summed E-state index contributed by atoms with van der Waals surface area (Å²) in [5.41, 5.74) is 0.510. The largest absolute Gasteiger partial charge is 0.478 e. The van der Waals surface area contributed by atoms with Gasteiger partial charge in [-0.3, -0.25) is 4.90 Å². The molecule has 0 saturated carbocycles. The highest BCUT2D eigenvalue weighted by Crippen LogP contribution is 2.09. The van der Waals surface area contributed by atoms with E-state index in [0.717, 1.165) is 6.54 Å². The quantitative estimate of drug-likeness (QED) is 0.823. The van der Waals surface area contributed by atoms with E-state index in [4.69, 9.17) is 9.84 Å². The summed E-state index contributed by atoms with van der Waals surface area (Å²) in [5.74, 6) is -1.03. The normalized spacial score (nSPS) is 11.4. The smallest absolute Gasteiger partial charge is 0.339 e. The van der Waals surface area contributed by atoms with Crippen molar-refractivity contribution in [2.75, 3.05) is 13.2 Å². The molecule has 112 valence electrons. The SMILES string of the molecule is Cc1nc(OCCN(C(C)C)C(C)C)ncc1C(=O)O. The number of rotatable bonds is 7. The standard InChI is InChI=1S/C14H23N3O3/c1-9(2)17(10(3)4)6-7-20-14-15-8-12(13(18)19)11(5)16-14/h8-10H,6-7H2,1-5H3,(H,18,19). The van der Waals surface area contributed by atoms with Gasteiger partial charge in [0, 0.05) is 24.8 Å². The highest BCUT2D eigenvalue weighted by molar-refractivity contribution is 5.88. The maximum atomic E-state index is 10.9. The van der Waals surface area contributed by atoms with Gasteiger partial charge in [0.05, 0.1) is 11.3 Å². The first-order chi connectivity index (χ1) is 9.32. The van der Waals surface area contributed by atoms with Gasteiger partial charge in [-0.05, 0) is 34.6 Å². The molecule has 6 heteroatoms. The molecule has 1 aromatic heterocycles. The van der Waals surface area contributed by atoms with Gasteiger partial charge in [-0.25, -0.2) is 9.78 Å².